The van der Waals surface area contributed by atoms with Crippen molar-refractivity contribution in [3.63, 3.8) is 0 Å². The van der Waals surface area contributed by atoms with Gasteiger partial charge in [-0.25, -0.2) is 9.98 Å². The van der Waals surface area contributed by atoms with Gasteiger partial charge in [0.15, 0.2) is 5.96 Å². The van der Waals surface area contributed by atoms with E-state index in [1.807, 2.05) is 25.1 Å². The third-order valence-corrected chi connectivity index (χ3v) is 4.00. The number of ether oxygens (including phenoxy) is 1. The van der Waals surface area contributed by atoms with Crippen molar-refractivity contribution in [2.24, 2.45) is 10.9 Å². The standard InChI is InChI=1S/C20H29F2N5O/c1-5-23-20(25-12-18-24-10-11-27(18)13-15(2)3)26(4)14-16-6-8-17(9-7-16)28-19(21)22/h6-11,15,19H,5,12-14H2,1-4H3,(H,23,25). The number of aliphatic imine (C=N–C) groups is 1. The van der Waals surface area contributed by atoms with Gasteiger partial charge in [-0.05, 0) is 30.5 Å². The minimum Gasteiger partial charge on any atom is -0.435 e. The van der Waals surface area contributed by atoms with E-state index in [-0.39, 0.29) is 5.75 Å². The molecule has 28 heavy (non-hydrogen) atoms. The van der Waals surface area contributed by atoms with Crippen molar-refractivity contribution in [2.45, 2.75) is 47.0 Å². The number of rotatable bonds is 9. The van der Waals surface area contributed by atoms with E-state index in [0.29, 0.717) is 19.0 Å². The molecule has 1 aromatic carbocycles. The van der Waals surface area contributed by atoms with Gasteiger partial charge in [-0.3, -0.25) is 0 Å². The Bertz CT molecular complexity index is 743. The molecule has 1 aromatic heterocycles. The van der Waals surface area contributed by atoms with Crippen LogP contribution in [0.1, 0.15) is 32.2 Å². The lowest BCUT2D eigenvalue weighted by molar-refractivity contribution is -0.0498. The maximum atomic E-state index is 12.3. The number of aromatic nitrogens is 2. The topological polar surface area (TPSA) is 54.7 Å². The number of hydrogen-bond acceptors (Lipinski definition) is 3. The smallest absolute Gasteiger partial charge is 0.387 e. The molecule has 0 spiro atoms. The highest BCUT2D eigenvalue weighted by molar-refractivity contribution is 5.79. The highest BCUT2D eigenvalue weighted by atomic mass is 19.3. The second-order valence-corrected chi connectivity index (χ2v) is 6.94. The zero-order chi connectivity index (χ0) is 20.5. The Morgan fingerprint density at radius 1 is 1.29 bits per heavy atom. The Balaban J connectivity index is 2.03. The lowest BCUT2D eigenvalue weighted by atomic mass is 10.2. The molecule has 0 unspecified atom stereocenters. The minimum atomic E-state index is -2.82. The van der Waals surface area contributed by atoms with Crippen LogP contribution in [-0.4, -0.2) is 40.6 Å². The van der Waals surface area contributed by atoms with Gasteiger partial charge >= 0.3 is 6.61 Å². The summed E-state index contributed by atoms with van der Waals surface area (Å²) >= 11 is 0. The Hall–Kier alpha value is -2.64. The second-order valence-electron chi connectivity index (χ2n) is 6.94. The summed E-state index contributed by atoms with van der Waals surface area (Å²) < 4.78 is 31.0. The third kappa shape index (κ3) is 6.83. The number of nitrogens with one attached hydrogen (secondary N) is 1. The average molecular weight is 393 g/mol. The summed E-state index contributed by atoms with van der Waals surface area (Å²) in [5.74, 6) is 2.37. The lowest BCUT2D eigenvalue weighted by Gasteiger charge is -2.22. The SMILES string of the molecule is CCNC(=NCc1nccn1CC(C)C)N(C)Cc1ccc(OC(F)F)cc1. The molecule has 0 amide bonds. The van der Waals surface area contributed by atoms with E-state index in [4.69, 9.17) is 4.99 Å². The Morgan fingerprint density at radius 2 is 2.00 bits per heavy atom. The number of guanidine groups is 1. The quantitative estimate of drug-likeness (QED) is 0.521. The van der Waals surface area contributed by atoms with Crippen molar-refractivity contribution < 1.29 is 13.5 Å². The molecule has 1 N–H and O–H groups in total. The first-order valence-corrected chi connectivity index (χ1v) is 9.42. The van der Waals surface area contributed by atoms with Gasteiger partial charge in [-0.2, -0.15) is 8.78 Å². The minimum absolute atomic E-state index is 0.152. The summed E-state index contributed by atoms with van der Waals surface area (Å²) in [6, 6.07) is 6.63. The van der Waals surface area contributed by atoms with Crippen LogP contribution in [0.15, 0.2) is 41.7 Å². The van der Waals surface area contributed by atoms with Crippen LogP contribution in [0, 0.1) is 5.92 Å². The fraction of sp³-hybridized carbons (Fsp3) is 0.500. The van der Waals surface area contributed by atoms with Gasteiger partial charge in [0.2, 0.25) is 0 Å². The molecule has 8 heteroatoms. The van der Waals surface area contributed by atoms with Gasteiger partial charge < -0.3 is 19.5 Å². The molecule has 0 aliphatic rings. The highest BCUT2D eigenvalue weighted by Crippen LogP contribution is 2.16. The lowest BCUT2D eigenvalue weighted by Crippen LogP contribution is -2.38. The van der Waals surface area contributed by atoms with Crippen LogP contribution >= 0.6 is 0 Å². The number of hydrogen-bond donors (Lipinski definition) is 1. The molecular formula is C20H29F2N5O. The summed E-state index contributed by atoms with van der Waals surface area (Å²) in [5, 5.41) is 3.28. The van der Waals surface area contributed by atoms with Gasteiger partial charge in [0.25, 0.3) is 0 Å². The number of alkyl halides is 2. The summed E-state index contributed by atoms with van der Waals surface area (Å²) in [6.07, 6.45) is 3.78. The maximum Gasteiger partial charge on any atom is 0.387 e. The summed E-state index contributed by atoms with van der Waals surface area (Å²) in [4.78, 5) is 11.1. The van der Waals surface area contributed by atoms with Gasteiger partial charge in [-0.1, -0.05) is 26.0 Å². The molecule has 0 saturated carbocycles. The highest BCUT2D eigenvalue weighted by Gasteiger charge is 2.10. The Morgan fingerprint density at radius 3 is 2.61 bits per heavy atom. The molecule has 0 aliphatic carbocycles. The fourth-order valence-corrected chi connectivity index (χ4v) is 2.79. The Kier molecular flexibility index (Phi) is 8.22. The zero-order valence-corrected chi connectivity index (χ0v) is 16.9. The van der Waals surface area contributed by atoms with Crippen molar-refractivity contribution >= 4 is 5.96 Å². The zero-order valence-electron chi connectivity index (χ0n) is 16.9. The number of nitrogens with zero attached hydrogens (tertiary/aromatic N) is 4. The molecule has 154 valence electrons. The van der Waals surface area contributed by atoms with Crippen molar-refractivity contribution in [3.8, 4) is 5.75 Å². The molecule has 2 rings (SSSR count). The van der Waals surface area contributed by atoms with Gasteiger partial charge in [-0.15, -0.1) is 0 Å². The van der Waals surface area contributed by atoms with Crippen LogP contribution in [0.25, 0.3) is 0 Å². The molecule has 0 radical (unpaired) electrons. The average Bonchev–Trinajstić information content (AvgIpc) is 3.06. The van der Waals surface area contributed by atoms with Gasteiger partial charge in [0.1, 0.15) is 18.1 Å². The van der Waals surface area contributed by atoms with Crippen molar-refractivity contribution in [2.75, 3.05) is 13.6 Å². The number of benzene rings is 1. The van der Waals surface area contributed by atoms with Crippen molar-refractivity contribution in [3.05, 3.63) is 48.0 Å². The van der Waals surface area contributed by atoms with Crippen LogP contribution < -0.4 is 10.1 Å². The molecule has 6 nitrogen and oxygen atoms in total. The predicted molar refractivity (Wildman–Crippen MR) is 106 cm³/mol. The molecule has 0 atom stereocenters. The third-order valence-electron chi connectivity index (χ3n) is 4.00. The van der Waals surface area contributed by atoms with E-state index in [1.54, 1.807) is 30.5 Å². The van der Waals surface area contributed by atoms with E-state index in [9.17, 15) is 8.78 Å². The second kappa shape index (κ2) is 10.6. The van der Waals surface area contributed by atoms with Crippen molar-refractivity contribution in [1.82, 2.24) is 19.8 Å². The summed E-state index contributed by atoms with van der Waals surface area (Å²) in [6.45, 7) is 6.25. The summed E-state index contributed by atoms with van der Waals surface area (Å²) in [7, 11) is 1.94. The molecule has 1 heterocycles. The predicted octanol–water partition coefficient (Wildman–Crippen LogP) is 3.74. The Labute approximate surface area is 165 Å². The van der Waals surface area contributed by atoms with E-state index in [1.165, 1.54) is 0 Å². The van der Waals surface area contributed by atoms with Crippen molar-refractivity contribution in [1.29, 1.82) is 0 Å². The van der Waals surface area contributed by atoms with Crippen LogP contribution in [-0.2, 0) is 19.6 Å². The van der Waals surface area contributed by atoms with E-state index in [0.717, 1.165) is 30.4 Å². The number of halogens is 2. The van der Waals surface area contributed by atoms with Gasteiger partial charge in [0.05, 0.1) is 0 Å². The summed E-state index contributed by atoms with van der Waals surface area (Å²) in [5.41, 5.74) is 0.969. The molecular weight excluding hydrogens is 364 g/mol. The molecule has 2 aromatic rings. The largest absolute Gasteiger partial charge is 0.435 e. The molecule has 0 bridgehead atoms. The maximum absolute atomic E-state index is 12.3. The van der Waals surface area contributed by atoms with E-state index >= 15 is 0 Å². The fourth-order valence-electron chi connectivity index (χ4n) is 2.79. The van der Waals surface area contributed by atoms with Gasteiger partial charge in [0, 0.05) is 39.1 Å². The number of imidazole rings is 1. The molecule has 0 fully saturated rings. The van der Waals surface area contributed by atoms with Crippen LogP contribution in [0.2, 0.25) is 0 Å². The molecule has 0 saturated heterocycles. The van der Waals surface area contributed by atoms with E-state index in [2.05, 4.69) is 33.5 Å². The molecule has 0 aliphatic heterocycles. The normalized spacial score (nSPS) is 11.9. The first-order valence-electron chi connectivity index (χ1n) is 9.42. The van der Waals surface area contributed by atoms with Crippen LogP contribution in [0.5, 0.6) is 5.75 Å². The first kappa shape index (κ1) is 21.7. The monoisotopic (exact) mass is 393 g/mol. The van der Waals surface area contributed by atoms with E-state index < -0.39 is 6.61 Å². The van der Waals surface area contributed by atoms with Crippen LogP contribution in [0.3, 0.4) is 0 Å². The first-order chi connectivity index (χ1) is 13.4. The van der Waals surface area contributed by atoms with Crippen LogP contribution in [0.4, 0.5) is 8.78 Å².